The lowest BCUT2D eigenvalue weighted by Crippen LogP contribution is -2.26. The van der Waals surface area contributed by atoms with Crippen LogP contribution in [0, 0.1) is 11.8 Å². The van der Waals surface area contributed by atoms with Crippen LogP contribution in [0.5, 0.6) is 0 Å². The van der Waals surface area contributed by atoms with Gasteiger partial charge in [-0.3, -0.25) is 24.0 Å². The standard InChI is InChI=1S/C33H59NO8.3C2H6S2/c1-27(32(39)40)20-18-19-25-34-30(36)24-23-28(33(41)42)26-29(35)21-16-14-12-10-8-6-4-2-3-5-7-9-11-13-15-17-22-31(37)38;3*1-3-4-2/h27-28H,2-26H2,1H3,(H,34,36)(H,37,38)(H,39,40)(H,41,42);3*1-2H3/t27-,28+;;;/m0.../s1. The number of unbranched alkanes of at least 4 members (excludes halogenated alkanes) is 16. The van der Waals surface area contributed by atoms with Gasteiger partial charge in [-0.05, 0) is 69.6 Å². The first-order chi connectivity index (χ1) is 25.9. The van der Waals surface area contributed by atoms with E-state index >= 15 is 0 Å². The molecule has 0 aliphatic heterocycles. The van der Waals surface area contributed by atoms with Gasteiger partial charge in [0.05, 0.1) is 11.8 Å². The van der Waals surface area contributed by atoms with Crippen molar-refractivity contribution in [3.63, 3.8) is 0 Å². The average molecular weight is 880 g/mol. The largest absolute Gasteiger partial charge is 0.481 e. The molecule has 0 aliphatic rings. The number of aliphatic carboxylic acids is 3. The van der Waals surface area contributed by atoms with E-state index in [-0.39, 0.29) is 31.0 Å². The molecule has 1 amide bonds. The van der Waals surface area contributed by atoms with E-state index in [1.807, 2.05) is 0 Å². The van der Waals surface area contributed by atoms with Crippen LogP contribution in [0.15, 0.2) is 0 Å². The summed E-state index contributed by atoms with van der Waals surface area (Å²) in [7, 11) is 10.6. The minimum atomic E-state index is -1.04. The van der Waals surface area contributed by atoms with Crippen molar-refractivity contribution >= 4 is 94.4 Å². The molecule has 0 radical (unpaired) electrons. The molecule has 0 aromatic rings. The molecule has 0 spiro atoms. The van der Waals surface area contributed by atoms with Crippen LogP contribution in [-0.4, -0.2) is 89.0 Å². The van der Waals surface area contributed by atoms with Gasteiger partial charge in [-0.15, -0.1) is 0 Å². The maximum Gasteiger partial charge on any atom is 0.306 e. The van der Waals surface area contributed by atoms with Gasteiger partial charge in [0.2, 0.25) is 5.91 Å². The summed E-state index contributed by atoms with van der Waals surface area (Å²) in [6.45, 7) is 2.09. The molecule has 322 valence electrons. The summed E-state index contributed by atoms with van der Waals surface area (Å²) in [5.41, 5.74) is 0. The Hall–Kier alpha value is -0.350. The average Bonchev–Trinajstić information content (AvgIpc) is 3.15. The summed E-state index contributed by atoms with van der Waals surface area (Å²) < 4.78 is 0. The summed E-state index contributed by atoms with van der Waals surface area (Å²) in [5, 5.41) is 29.7. The summed E-state index contributed by atoms with van der Waals surface area (Å²) in [6, 6.07) is 0. The minimum absolute atomic E-state index is 0.0253. The van der Waals surface area contributed by atoms with Crippen LogP contribution in [0.25, 0.3) is 0 Å². The smallest absolute Gasteiger partial charge is 0.306 e. The molecule has 0 saturated carbocycles. The molecule has 4 N–H and O–H groups in total. The minimum Gasteiger partial charge on any atom is -0.481 e. The summed E-state index contributed by atoms with van der Waals surface area (Å²) >= 11 is 0. The van der Waals surface area contributed by atoms with Gasteiger partial charge >= 0.3 is 17.9 Å². The Morgan fingerprint density at radius 1 is 0.463 bits per heavy atom. The first kappa shape index (κ1) is 60.3. The molecule has 54 heavy (non-hydrogen) atoms. The van der Waals surface area contributed by atoms with Crippen LogP contribution in [0.4, 0.5) is 0 Å². The first-order valence-electron chi connectivity index (χ1n) is 19.5. The summed E-state index contributed by atoms with van der Waals surface area (Å²) in [4.78, 5) is 57.2. The third kappa shape index (κ3) is 56.0. The number of carboxylic acids is 3. The predicted octanol–water partition coefficient (Wildman–Crippen LogP) is 12.4. The second-order valence-corrected chi connectivity index (χ2v) is 21.0. The lowest BCUT2D eigenvalue weighted by atomic mass is 9.94. The van der Waals surface area contributed by atoms with Gasteiger partial charge in [-0.25, -0.2) is 0 Å². The molecule has 0 heterocycles. The molecule has 9 nitrogen and oxygen atoms in total. The Kier molecular flexibility index (Phi) is 56.6. The topological polar surface area (TPSA) is 158 Å². The lowest BCUT2D eigenvalue weighted by molar-refractivity contribution is -0.144. The van der Waals surface area contributed by atoms with E-state index in [2.05, 4.69) is 42.9 Å². The van der Waals surface area contributed by atoms with Crippen molar-refractivity contribution in [2.75, 3.05) is 44.1 Å². The van der Waals surface area contributed by atoms with Gasteiger partial charge < -0.3 is 20.6 Å². The Balaban J connectivity index is -0.000000899. The lowest BCUT2D eigenvalue weighted by Gasteiger charge is -2.12. The number of carboxylic acid groups (broad SMARTS) is 3. The highest BCUT2D eigenvalue weighted by Crippen LogP contribution is 2.17. The van der Waals surface area contributed by atoms with Crippen LogP contribution < -0.4 is 5.32 Å². The first-order valence-corrected chi connectivity index (χ1v) is 28.4. The van der Waals surface area contributed by atoms with E-state index in [0.29, 0.717) is 38.6 Å². The van der Waals surface area contributed by atoms with Crippen molar-refractivity contribution < 1.29 is 39.3 Å². The fraction of sp³-hybridized carbons (Fsp3) is 0.872. The van der Waals surface area contributed by atoms with E-state index in [9.17, 15) is 29.1 Å². The highest BCUT2D eigenvalue weighted by Gasteiger charge is 2.22. The molecular weight excluding hydrogens is 803 g/mol. The molecule has 0 bridgehead atoms. The molecule has 0 rings (SSSR count). The Morgan fingerprint density at radius 2 is 0.833 bits per heavy atom. The van der Waals surface area contributed by atoms with Crippen LogP contribution in [0.1, 0.15) is 161 Å². The van der Waals surface area contributed by atoms with Gasteiger partial charge in [-0.2, -0.15) is 0 Å². The molecule has 0 unspecified atom stereocenters. The van der Waals surface area contributed by atoms with Crippen molar-refractivity contribution in [2.24, 2.45) is 11.8 Å². The van der Waals surface area contributed by atoms with Crippen LogP contribution in [0.3, 0.4) is 0 Å². The van der Waals surface area contributed by atoms with E-state index in [1.165, 1.54) is 64.2 Å². The van der Waals surface area contributed by atoms with Crippen molar-refractivity contribution in [2.45, 2.75) is 161 Å². The summed E-state index contributed by atoms with van der Waals surface area (Å²) in [5.74, 6) is -4.09. The Labute approximate surface area is 353 Å². The number of Topliss-reactive ketones (excluding diaryl/α,β-unsaturated/α-hetero) is 1. The van der Waals surface area contributed by atoms with Crippen molar-refractivity contribution in [3.8, 4) is 0 Å². The molecule has 0 aromatic carbocycles. The molecule has 2 atom stereocenters. The van der Waals surface area contributed by atoms with Crippen LogP contribution in [0.2, 0.25) is 0 Å². The van der Waals surface area contributed by atoms with Crippen molar-refractivity contribution in [1.82, 2.24) is 5.32 Å². The second kappa shape index (κ2) is 50.7. The molecule has 15 heteroatoms. The highest BCUT2D eigenvalue weighted by atomic mass is 33.1. The number of amides is 1. The van der Waals surface area contributed by atoms with Crippen LogP contribution >= 0.6 is 64.8 Å². The van der Waals surface area contributed by atoms with Gasteiger partial charge in [0, 0.05) is 32.2 Å². The van der Waals surface area contributed by atoms with Gasteiger partial charge in [0.1, 0.15) is 5.78 Å². The number of hydrogen-bond acceptors (Lipinski definition) is 11. The number of rotatable bonds is 34. The zero-order valence-corrected chi connectivity index (χ0v) is 39.6. The normalized spacial score (nSPS) is 11.4. The molecule has 0 fully saturated rings. The zero-order chi connectivity index (χ0) is 41.7. The third-order valence-corrected chi connectivity index (χ3v) is 12.4. The number of hydrogen-bond donors (Lipinski definition) is 4. The number of ketones is 1. The van der Waals surface area contributed by atoms with Gasteiger partial charge in [0.15, 0.2) is 0 Å². The number of nitrogens with one attached hydrogen (secondary N) is 1. The van der Waals surface area contributed by atoms with E-state index in [0.717, 1.165) is 38.5 Å². The molecule has 0 aromatic heterocycles. The SMILES string of the molecule is CSSC.CSSC.CSSC.C[C@@H](CCCCNC(=O)CC[C@H](CC(=O)CCCCCCCCCCCCCCCCCCC(=O)O)C(=O)O)C(=O)O. The maximum absolute atomic E-state index is 12.3. The highest BCUT2D eigenvalue weighted by molar-refractivity contribution is 8.76. The van der Waals surface area contributed by atoms with Gasteiger partial charge in [-0.1, -0.05) is 168 Å². The molecule has 0 aliphatic carbocycles. The summed E-state index contributed by atoms with van der Waals surface area (Å²) in [6.07, 6.45) is 33.5. The van der Waals surface area contributed by atoms with Crippen LogP contribution in [-0.2, 0) is 24.0 Å². The zero-order valence-electron chi connectivity index (χ0n) is 34.7. The van der Waals surface area contributed by atoms with Crippen molar-refractivity contribution in [1.29, 1.82) is 0 Å². The Bertz CT molecular complexity index is 858. The maximum atomic E-state index is 12.3. The molecule has 0 saturated heterocycles. The Morgan fingerprint density at radius 3 is 1.17 bits per heavy atom. The van der Waals surface area contributed by atoms with E-state index in [1.54, 1.807) is 71.7 Å². The third-order valence-electron chi connectivity index (χ3n) is 8.45. The van der Waals surface area contributed by atoms with Gasteiger partial charge in [0.25, 0.3) is 0 Å². The monoisotopic (exact) mass is 879 g/mol. The second-order valence-electron chi connectivity index (χ2n) is 13.0. The fourth-order valence-electron chi connectivity index (χ4n) is 5.08. The number of carbonyl (C=O) groups is 5. The quantitative estimate of drug-likeness (QED) is 0.0357. The fourth-order valence-corrected chi connectivity index (χ4v) is 5.08. The van der Waals surface area contributed by atoms with E-state index < -0.39 is 29.7 Å². The van der Waals surface area contributed by atoms with E-state index in [4.69, 9.17) is 10.2 Å². The number of carbonyl (C=O) groups excluding carboxylic acids is 2. The predicted molar refractivity (Wildman–Crippen MR) is 245 cm³/mol. The van der Waals surface area contributed by atoms with Crippen molar-refractivity contribution in [3.05, 3.63) is 0 Å². The molecular formula is C39H77NO8S6.